The molecule has 0 fully saturated rings. The highest BCUT2D eigenvalue weighted by molar-refractivity contribution is 5.80. The molecule has 0 radical (unpaired) electrons. The maximum absolute atomic E-state index is 4.33. The van der Waals surface area contributed by atoms with E-state index in [9.17, 15) is 0 Å². The number of hydrogen-bond donors (Lipinski definition) is 2. The third-order valence-electron chi connectivity index (χ3n) is 4.42. The Kier molecular flexibility index (Phi) is 5.73. The van der Waals surface area contributed by atoms with Crippen LogP contribution in [0.15, 0.2) is 71.9 Å². The van der Waals surface area contributed by atoms with Crippen LogP contribution in [0.5, 0.6) is 0 Å². The number of aliphatic imine (C=N–C) groups is 1. The highest BCUT2D eigenvalue weighted by Crippen LogP contribution is 2.15. The highest BCUT2D eigenvalue weighted by Gasteiger charge is 2.07. The number of hydrogen-bond acceptors (Lipinski definition) is 1. The molecule has 4 heteroatoms. The molecule has 0 saturated carbocycles. The molecule has 4 nitrogen and oxygen atoms in total. The minimum Gasteiger partial charge on any atom is -0.356 e. The monoisotopic (exact) mass is 334 g/mol. The smallest absolute Gasteiger partial charge is 0.191 e. The lowest BCUT2D eigenvalue weighted by Gasteiger charge is -2.18. The summed E-state index contributed by atoms with van der Waals surface area (Å²) in [6, 6.07) is 21.3. The van der Waals surface area contributed by atoms with Crippen molar-refractivity contribution >= 4 is 16.9 Å². The van der Waals surface area contributed by atoms with Crippen LogP contribution in [-0.2, 0) is 6.54 Å². The zero-order valence-corrected chi connectivity index (χ0v) is 14.9. The Bertz CT molecular complexity index is 820. The maximum Gasteiger partial charge on any atom is 0.191 e. The summed E-state index contributed by atoms with van der Waals surface area (Å²) in [5.41, 5.74) is 2.55. The number of nitrogens with one attached hydrogen (secondary N) is 2. The fourth-order valence-electron chi connectivity index (χ4n) is 3.02. The fraction of sp³-hybridized carbons (Fsp3) is 0.286. The molecule has 1 unspecified atom stereocenters. The minimum absolute atomic E-state index is 0.223. The van der Waals surface area contributed by atoms with Gasteiger partial charge in [-0.05, 0) is 36.4 Å². The van der Waals surface area contributed by atoms with E-state index in [2.05, 4.69) is 87.9 Å². The molecule has 1 aromatic heterocycles. The average molecular weight is 334 g/mol. The van der Waals surface area contributed by atoms with E-state index in [1.807, 2.05) is 13.1 Å². The number of aryl methyl sites for hydroxylation is 1. The van der Waals surface area contributed by atoms with Gasteiger partial charge < -0.3 is 15.2 Å². The van der Waals surface area contributed by atoms with Gasteiger partial charge in [0.25, 0.3) is 0 Å². The van der Waals surface area contributed by atoms with Crippen molar-refractivity contribution in [2.45, 2.75) is 25.9 Å². The summed E-state index contributed by atoms with van der Waals surface area (Å²) in [6.07, 6.45) is 3.20. The van der Waals surface area contributed by atoms with Crippen LogP contribution >= 0.6 is 0 Å². The van der Waals surface area contributed by atoms with E-state index >= 15 is 0 Å². The van der Waals surface area contributed by atoms with Gasteiger partial charge >= 0.3 is 0 Å². The standard InChI is InChI=1S/C21H26N4/c1-17(18-9-4-3-5-10-18)24-21(22-2)23-14-8-15-25-16-13-19-11-6-7-12-20(19)25/h3-7,9-13,16-17H,8,14-15H2,1-2H3,(H2,22,23,24). The molecule has 0 aliphatic rings. The Morgan fingerprint density at radius 1 is 1.04 bits per heavy atom. The molecule has 0 spiro atoms. The third kappa shape index (κ3) is 4.41. The molecular weight excluding hydrogens is 308 g/mol. The van der Waals surface area contributed by atoms with Crippen molar-refractivity contribution in [3.05, 3.63) is 72.4 Å². The first-order chi connectivity index (χ1) is 12.3. The van der Waals surface area contributed by atoms with Gasteiger partial charge in [-0.2, -0.15) is 0 Å². The Balaban J connectivity index is 1.47. The number of nitrogens with zero attached hydrogens (tertiary/aromatic N) is 2. The second-order valence-electron chi connectivity index (χ2n) is 6.20. The van der Waals surface area contributed by atoms with E-state index in [1.54, 1.807) is 0 Å². The van der Waals surface area contributed by atoms with Gasteiger partial charge in [0.2, 0.25) is 0 Å². The zero-order valence-electron chi connectivity index (χ0n) is 14.9. The molecule has 1 atom stereocenters. The summed E-state index contributed by atoms with van der Waals surface area (Å²) in [6.45, 7) is 4.02. The van der Waals surface area contributed by atoms with Gasteiger partial charge in [-0.25, -0.2) is 0 Å². The second-order valence-corrected chi connectivity index (χ2v) is 6.20. The third-order valence-corrected chi connectivity index (χ3v) is 4.42. The molecule has 3 rings (SSSR count). The predicted octanol–water partition coefficient (Wildman–Crippen LogP) is 3.96. The van der Waals surface area contributed by atoms with Gasteiger partial charge in [-0.1, -0.05) is 48.5 Å². The number of fused-ring (bicyclic) bond motifs is 1. The van der Waals surface area contributed by atoms with Crippen LogP contribution in [0.4, 0.5) is 0 Å². The summed E-state index contributed by atoms with van der Waals surface area (Å²) in [7, 11) is 1.81. The Labute approximate surface area is 149 Å². The lowest BCUT2D eigenvalue weighted by molar-refractivity contribution is 0.628. The van der Waals surface area contributed by atoms with Gasteiger partial charge in [0, 0.05) is 31.9 Å². The van der Waals surface area contributed by atoms with Gasteiger partial charge in [-0.15, -0.1) is 0 Å². The van der Waals surface area contributed by atoms with Gasteiger partial charge in [-0.3, -0.25) is 4.99 Å². The lowest BCUT2D eigenvalue weighted by atomic mass is 10.1. The summed E-state index contributed by atoms with van der Waals surface area (Å²) in [5, 5.41) is 8.14. The zero-order chi connectivity index (χ0) is 17.5. The molecule has 0 aliphatic carbocycles. The predicted molar refractivity (Wildman–Crippen MR) is 106 cm³/mol. The van der Waals surface area contributed by atoms with Crippen molar-refractivity contribution < 1.29 is 0 Å². The van der Waals surface area contributed by atoms with Crippen molar-refractivity contribution in [2.24, 2.45) is 4.99 Å². The van der Waals surface area contributed by atoms with E-state index in [4.69, 9.17) is 0 Å². The molecule has 0 aliphatic heterocycles. The van der Waals surface area contributed by atoms with Crippen LogP contribution in [0.2, 0.25) is 0 Å². The van der Waals surface area contributed by atoms with Crippen LogP contribution in [0.1, 0.15) is 24.9 Å². The van der Waals surface area contributed by atoms with Crippen LogP contribution in [0.3, 0.4) is 0 Å². The molecule has 0 saturated heterocycles. The van der Waals surface area contributed by atoms with Gasteiger partial charge in [0.1, 0.15) is 0 Å². The first-order valence-electron chi connectivity index (χ1n) is 8.84. The van der Waals surface area contributed by atoms with Crippen molar-refractivity contribution in [3.8, 4) is 0 Å². The molecule has 130 valence electrons. The molecule has 0 amide bonds. The number of rotatable bonds is 6. The Morgan fingerprint density at radius 3 is 2.60 bits per heavy atom. The molecule has 0 bridgehead atoms. The van der Waals surface area contributed by atoms with E-state index in [0.717, 1.165) is 25.5 Å². The van der Waals surface area contributed by atoms with Crippen molar-refractivity contribution in [2.75, 3.05) is 13.6 Å². The normalized spacial score (nSPS) is 13.0. The van der Waals surface area contributed by atoms with E-state index in [-0.39, 0.29) is 6.04 Å². The minimum atomic E-state index is 0.223. The topological polar surface area (TPSA) is 41.4 Å². The number of guanidine groups is 1. The van der Waals surface area contributed by atoms with Gasteiger partial charge in [0.15, 0.2) is 5.96 Å². The first kappa shape index (κ1) is 17.1. The molecule has 3 aromatic rings. The quantitative estimate of drug-likeness (QED) is 0.407. The summed E-state index contributed by atoms with van der Waals surface area (Å²) in [4.78, 5) is 4.33. The van der Waals surface area contributed by atoms with Crippen LogP contribution in [0, 0.1) is 0 Å². The largest absolute Gasteiger partial charge is 0.356 e. The van der Waals surface area contributed by atoms with Crippen molar-refractivity contribution in [1.29, 1.82) is 0 Å². The van der Waals surface area contributed by atoms with E-state index < -0.39 is 0 Å². The number of para-hydroxylation sites is 1. The van der Waals surface area contributed by atoms with Crippen LogP contribution < -0.4 is 10.6 Å². The van der Waals surface area contributed by atoms with E-state index in [0.29, 0.717) is 0 Å². The summed E-state index contributed by atoms with van der Waals surface area (Å²) >= 11 is 0. The van der Waals surface area contributed by atoms with Crippen molar-refractivity contribution in [3.63, 3.8) is 0 Å². The van der Waals surface area contributed by atoms with Crippen molar-refractivity contribution in [1.82, 2.24) is 15.2 Å². The fourth-order valence-corrected chi connectivity index (χ4v) is 3.02. The second kappa shape index (κ2) is 8.38. The Morgan fingerprint density at radius 2 is 1.80 bits per heavy atom. The highest BCUT2D eigenvalue weighted by atomic mass is 15.2. The molecule has 2 N–H and O–H groups in total. The Hall–Kier alpha value is -2.75. The maximum atomic E-state index is 4.33. The first-order valence-corrected chi connectivity index (χ1v) is 8.84. The SMILES string of the molecule is CN=C(NCCCn1ccc2ccccc21)NC(C)c1ccccc1. The van der Waals surface area contributed by atoms with E-state index in [1.165, 1.54) is 16.5 Å². The molecular formula is C21H26N4. The molecule has 2 aromatic carbocycles. The number of benzene rings is 2. The molecule has 25 heavy (non-hydrogen) atoms. The summed E-state index contributed by atoms with van der Waals surface area (Å²) in [5.74, 6) is 0.841. The average Bonchev–Trinajstić information content (AvgIpc) is 3.08. The number of aromatic nitrogens is 1. The lowest BCUT2D eigenvalue weighted by Crippen LogP contribution is -2.39. The van der Waals surface area contributed by atoms with Crippen LogP contribution in [0.25, 0.3) is 10.9 Å². The van der Waals surface area contributed by atoms with Crippen LogP contribution in [-0.4, -0.2) is 24.1 Å². The summed E-state index contributed by atoms with van der Waals surface area (Å²) < 4.78 is 2.31. The molecule has 1 heterocycles. The van der Waals surface area contributed by atoms with Gasteiger partial charge in [0.05, 0.1) is 6.04 Å².